The molecule has 0 N–H and O–H groups in total. The second-order valence-electron chi connectivity index (χ2n) is 0.250. The van der Waals surface area contributed by atoms with Crippen molar-refractivity contribution in [2.45, 2.75) is 0 Å². The third kappa shape index (κ3) is 52.5. The minimum absolute atomic E-state index is 0. The summed E-state index contributed by atoms with van der Waals surface area (Å²) in [6.45, 7) is 0. The molecule has 3 nitrogen and oxygen atoms in total. The predicted octanol–water partition coefficient (Wildman–Crippen LogP) is -3.26. The van der Waals surface area contributed by atoms with Crippen LogP contribution in [-0.4, -0.2) is 46.9 Å². The van der Waals surface area contributed by atoms with Gasteiger partial charge in [0.1, 0.15) is 0 Å². The van der Waals surface area contributed by atoms with Crippen molar-refractivity contribution in [3.8, 4) is 0 Å². The molecule has 0 aromatic rings. The molecule has 0 aliphatic rings. The first-order valence-electron chi connectivity index (χ1n) is 0.612. The van der Waals surface area contributed by atoms with E-state index >= 15 is 0 Å². The number of rotatable bonds is 0. The molecule has 5 heteroatoms. The molecule has 0 amide bonds. The van der Waals surface area contributed by atoms with Crippen LogP contribution in [0.1, 0.15) is 0 Å². The molecule has 0 aromatic carbocycles. The van der Waals surface area contributed by atoms with Crippen LogP contribution >= 0.6 is 0 Å². The molecule has 0 bridgehead atoms. The van der Waals surface area contributed by atoms with Crippen LogP contribution in [0.15, 0.2) is 0 Å². The summed E-state index contributed by atoms with van der Waals surface area (Å²) in [4.78, 5) is 17.0. The maximum absolute atomic E-state index is 8.52. The van der Waals surface area contributed by atoms with E-state index in [0.717, 1.165) is 0 Å². The normalized spacial score (nSPS) is 4.80. The predicted molar refractivity (Wildman–Crippen MR) is 12.2 cm³/mol. The van der Waals surface area contributed by atoms with Crippen LogP contribution in [-0.2, 0) is 4.46 Å². The molecule has 0 rings (SSSR count). The first-order chi connectivity index (χ1) is 1.73. The van der Waals surface area contributed by atoms with E-state index < -0.39 is 9.17 Å². The summed E-state index contributed by atoms with van der Waals surface area (Å²) in [6.07, 6.45) is 0. The SMILES string of the molecule is O=[Si]([O-])[O-].[Ca]. The van der Waals surface area contributed by atoms with Crippen LogP contribution in [0.25, 0.3) is 0 Å². The van der Waals surface area contributed by atoms with Crippen molar-refractivity contribution in [2.24, 2.45) is 0 Å². The quantitative estimate of drug-likeness (QED) is 0.312. The van der Waals surface area contributed by atoms with Crippen molar-refractivity contribution >= 4 is 46.9 Å². The molecule has 0 spiro atoms. The molecule has 0 saturated carbocycles. The van der Waals surface area contributed by atoms with E-state index in [1.807, 2.05) is 0 Å². The van der Waals surface area contributed by atoms with Crippen LogP contribution < -0.4 is 9.59 Å². The Bertz CT molecular complexity index is 29.9. The molecular weight excluding hydrogens is 116 g/mol. The van der Waals surface area contributed by atoms with E-state index in [1.54, 1.807) is 0 Å². The van der Waals surface area contributed by atoms with Gasteiger partial charge in [-0.1, -0.05) is 0 Å². The smallest absolute Gasteiger partial charge is 0.0172 e. The third-order valence-electron chi connectivity index (χ3n) is 0. The molecule has 5 heavy (non-hydrogen) atoms. The Morgan fingerprint density at radius 1 is 1.40 bits per heavy atom. The van der Waals surface area contributed by atoms with Gasteiger partial charge in [-0.3, -0.25) is 0 Å². The Morgan fingerprint density at radius 3 is 1.40 bits per heavy atom. The average molecular weight is 116 g/mol. The molecule has 0 saturated heterocycles. The number of hydrogen-bond donors (Lipinski definition) is 0. The Morgan fingerprint density at radius 2 is 1.40 bits per heavy atom. The Labute approximate surface area is 60.5 Å². The Hall–Kier alpha value is 0.877. The molecule has 26 valence electrons. The summed E-state index contributed by atoms with van der Waals surface area (Å²) in [5, 5.41) is 0. The van der Waals surface area contributed by atoms with Gasteiger partial charge in [0, 0.05) is 46.9 Å². The minimum Gasteiger partial charge on any atom is -0.672 e. The largest absolute Gasteiger partial charge is 0.672 e. The minimum atomic E-state index is -3.63. The maximum Gasteiger partial charge on any atom is 0.0172 e. The fourth-order valence-corrected chi connectivity index (χ4v) is 0. The zero-order valence-electron chi connectivity index (χ0n) is 2.43. The zero-order chi connectivity index (χ0) is 3.58. The van der Waals surface area contributed by atoms with Crippen molar-refractivity contribution < 1.29 is 14.1 Å². The van der Waals surface area contributed by atoms with Crippen molar-refractivity contribution in [2.75, 3.05) is 0 Å². The zero-order valence-corrected chi connectivity index (χ0v) is 5.64. The Kier molecular flexibility index (Phi) is 9.07. The van der Waals surface area contributed by atoms with Crippen molar-refractivity contribution in [3.63, 3.8) is 0 Å². The van der Waals surface area contributed by atoms with E-state index in [4.69, 9.17) is 14.1 Å². The van der Waals surface area contributed by atoms with Gasteiger partial charge in [0.2, 0.25) is 0 Å². The van der Waals surface area contributed by atoms with Gasteiger partial charge in [-0.15, -0.1) is 0 Å². The summed E-state index contributed by atoms with van der Waals surface area (Å²) in [7, 11) is -3.63. The second kappa shape index (κ2) is 4.88. The van der Waals surface area contributed by atoms with E-state index in [0.29, 0.717) is 0 Å². The van der Waals surface area contributed by atoms with Gasteiger partial charge < -0.3 is 14.1 Å². The van der Waals surface area contributed by atoms with Crippen LogP contribution in [0.5, 0.6) is 0 Å². The maximum atomic E-state index is 8.52. The van der Waals surface area contributed by atoms with Crippen LogP contribution in [0.4, 0.5) is 0 Å². The van der Waals surface area contributed by atoms with E-state index in [-0.39, 0.29) is 37.7 Å². The second-order valence-corrected chi connectivity index (χ2v) is 0.750. The van der Waals surface area contributed by atoms with Crippen molar-refractivity contribution in [1.29, 1.82) is 0 Å². The molecule has 0 aliphatic heterocycles. The molecule has 2 radical (unpaired) electrons. The summed E-state index contributed by atoms with van der Waals surface area (Å²) in [6, 6.07) is 0. The Balaban J connectivity index is 0. The topological polar surface area (TPSA) is 63.2 Å². The van der Waals surface area contributed by atoms with Crippen LogP contribution in [0.3, 0.4) is 0 Å². The van der Waals surface area contributed by atoms with Gasteiger partial charge in [-0.2, -0.15) is 0 Å². The third-order valence-corrected chi connectivity index (χ3v) is 0. The molecule has 0 unspecified atom stereocenters. The van der Waals surface area contributed by atoms with Gasteiger partial charge in [0.05, 0.1) is 0 Å². The molecular formula is CaO3Si-2. The summed E-state index contributed by atoms with van der Waals surface area (Å²) in [5.41, 5.74) is 0. The fraction of sp³-hybridized carbons (Fsp3) is 0. The van der Waals surface area contributed by atoms with Crippen molar-refractivity contribution in [3.05, 3.63) is 0 Å². The van der Waals surface area contributed by atoms with Crippen LogP contribution in [0.2, 0.25) is 0 Å². The molecule has 0 heterocycles. The molecule has 0 fully saturated rings. The average Bonchev–Trinajstić information content (AvgIpc) is 0.811. The van der Waals surface area contributed by atoms with Gasteiger partial charge in [0.15, 0.2) is 0 Å². The van der Waals surface area contributed by atoms with Crippen LogP contribution in [0, 0.1) is 0 Å². The summed E-state index contributed by atoms with van der Waals surface area (Å²) < 4.78 is 8.52. The van der Waals surface area contributed by atoms with E-state index in [2.05, 4.69) is 0 Å². The monoisotopic (exact) mass is 116 g/mol. The molecule has 0 aromatic heterocycles. The van der Waals surface area contributed by atoms with E-state index in [9.17, 15) is 0 Å². The van der Waals surface area contributed by atoms with Gasteiger partial charge >= 0.3 is 0 Å². The summed E-state index contributed by atoms with van der Waals surface area (Å²) >= 11 is 0. The standard InChI is InChI=1S/Ca.O3Si/c;1-4(2)3/q;-2. The van der Waals surface area contributed by atoms with Gasteiger partial charge in [0.25, 0.3) is 0 Å². The first-order valence-corrected chi connectivity index (χ1v) is 1.84. The van der Waals surface area contributed by atoms with Crippen molar-refractivity contribution in [1.82, 2.24) is 0 Å². The first kappa shape index (κ1) is 9.30. The van der Waals surface area contributed by atoms with Gasteiger partial charge in [-0.05, 0) is 0 Å². The summed E-state index contributed by atoms with van der Waals surface area (Å²) in [5.74, 6) is 0. The molecule has 0 atom stereocenters. The van der Waals surface area contributed by atoms with E-state index in [1.165, 1.54) is 0 Å². The van der Waals surface area contributed by atoms with Gasteiger partial charge in [-0.25, -0.2) is 0 Å². The molecule has 0 aliphatic carbocycles. The fourth-order valence-electron chi connectivity index (χ4n) is 0. The number of hydrogen-bond acceptors (Lipinski definition) is 3.